The van der Waals surface area contributed by atoms with Crippen molar-refractivity contribution in [1.82, 2.24) is 5.32 Å². The van der Waals surface area contributed by atoms with Gasteiger partial charge in [0.1, 0.15) is 5.75 Å². The third-order valence-electron chi connectivity index (χ3n) is 2.89. The Morgan fingerprint density at radius 3 is 2.58 bits per heavy atom. The second kappa shape index (κ2) is 6.60. The molecular weight excluding hydrogens is 258 g/mol. The first kappa shape index (κ1) is 13.9. The monoisotopic (exact) mass is 275 g/mol. The van der Waals surface area contributed by atoms with E-state index in [0.29, 0.717) is 6.61 Å². The fourth-order valence-electron chi connectivity index (χ4n) is 2.06. The maximum atomic E-state index is 6.39. The van der Waals surface area contributed by atoms with Crippen LogP contribution in [0.1, 0.15) is 12.5 Å². The van der Waals surface area contributed by atoms with Gasteiger partial charge in [-0.2, -0.15) is 0 Å². The highest BCUT2D eigenvalue weighted by molar-refractivity contribution is 6.33. The van der Waals surface area contributed by atoms with Gasteiger partial charge in [0.2, 0.25) is 0 Å². The molecule has 100 valence electrons. The van der Waals surface area contributed by atoms with E-state index < -0.39 is 0 Å². The van der Waals surface area contributed by atoms with Gasteiger partial charge in [-0.05, 0) is 31.7 Å². The molecule has 0 saturated carbocycles. The molecule has 19 heavy (non-hydrogen) atoms. The van der Waals surface area contributed by atoms with E-state index in [0.717, 1.165) is 28.4 Å². The highest BCUT2D eigenvalue weighted by atomic mass is 35.5. The van der Waals surface area contributed by atoms with Crippen molar-refractivity contribution >= 4 is 11.6 Å². The van der Waals surface area contributed by atoms with E-state index in [1.54, 1.807) is 0 Å². The van der Waals surface area contributed by atoms with Crippen LogP contribution in [0.5, 0.6) is 5.75 Å². The molecule has 2 nitrogen and oxygen atoms in total. The summed E-state index contributed by atoms with van der Waals surface area (Å²) in [6.45, 7) is 3.44. The topological polar surface area (TPSA) is 21.3 Å². The Balaban J connectivity index is 2.41. The fraction of sp³-hybridized carbons (Fsp3) is 0.250. The molecule has 2 aromatic carbocycles. The van der Waals surface area contributed by atoms with Gasteiger partial charge in [-0.3, -0.25) is 0 Å². The van der Waals surface area contributed by atoms with Crippen molar-refractivity contribution in [2.24, 2.45) is 0 Å². The van der Waals surface area contributed by atoms with Gasteiger partial charge in [-0.15, -0.1) is 0 Å². The van der Waals surface area contributed by atoms with E-state index >= 15 is 0 Å². The molecule has 0 aliphatic heterocycles. The molecule has 0 bridgehead atoms. The van der Waals surface area contributed by atoms with Gasteiger partial charge in [0.15, 0.2) is 0 Å². The summed E-state index contributed by atoms with van der Waals surface area (Å²) >= 11 is 6.39. The number of benzene rings is 2. The first-order valence-corrected chi connectivity index (χ1v) is 6.79. The molecule has 0 amide bonds. The summed E-state index contributed by atoms with van der Waals surface area (Å²) in [6, 6.07) is 14.1. The smallest absolute Gasteiger partial charge is 0.127 e. The highest BCUT2D eigenvalue weighted by Crippen LogP contribution is 2.35. The Morgan fingerprint density at radius 1 is 1.11 bits per heavy atom. The van der Waals surface area contributed by atoms with Crippen LogP contribution >= 0.6 is 11.6 Å². The van der Waals surface area contributed by atoms with Gasteiger partial charge in [0.25, 0.3) is 0 Å². The Morgan fingerprint density at radius 2 is 1.89 bits per heavy atom. The summed E-state index contributed by atoms with van der Waals surface area (Å²) in [5.74, 6) is 0.869. The van der Waals surface area contributed by atoms with E-state index in [1.807, 2.05) is 50.4 Å². The first-order valence-electron chi connectivity index (χ1n) is 6.41. The van der Waals surface area contributed by atoms with Crippen LogP contribution in [0.3, 0.4) is 0 Å². The number of halogens is 1. The van der Waals surface area contributed by atoms with Crippen LogP contribution in [0.2, 0.25) is 5.02 Å². The minimum atomic E-state index is 0.645. The van der Waals surface area contributed by atoms with Gasteiger partial charge >= 0.3 is 0 Å². The molecule has 0 aliphatic rings. The van der Waals surface area contributed by atoms with E-state index in [1.165, 1.54) is 5.56 Å². The lowest BCUT2D eigenvalue weighted by molar-refractivity contribution is 0.341. The van der Waals surface area contributed by atoms with E-state index in [4.69, 9.17) is 16.3 Å². The molecule has 2 aromatic rings. The zero-order valence-corrected chi connectivity index (χ0v) is 12.0. The SMILES string of the molecule is CCOc1ccccc1-c1ccc(CNC)cc1Cl. The predicted molar refractivity (Wildman–Crippen MR) is 80.8 cm³/mol. The zero-order chi connectivity index (χ0) is 13.7. The van der Waals surface area contributed by atoms with Crippen LogP contribution in [-0.4, -0.2) is 13.7 Å². The molecule has 0 atom stereocenters. The summed E-state index contributed by atoms with van der Waals surface area (Å²) in [4.78, 5) is 0. The van der Waals surface area contributed by atoms with Gasteiger partial charge in [-0.25, -0.2) is 0 Å². The maximum absolute atomic E-state index is 6.39. The van der Waals surface area contributed by atoms with Crippen LogP contribution in [0.25, 0.3) is 11.1 Å². The average molecular weight is 276 g/mol. The second-order valence-electron chi connectivity index (χ2n) is 4.27. The van der Waals surface area contributed by atoms with E-state index in [9.17, 15) is 0 Å². The number of hydrogen-bond acceptors (Lipinski definition) is 2. The Bertz CT molecular complexity index is 554. The highest BCUT2D eigenvalue weighted by Gasteiger charge is 2.09. The Labute approximate surface area is 119 Å². The summed E-state index contributed by atoms with van der Waals surface area (Å²) in [7, 11) is 1.92. The summed E-state index contributed by atoms with van der Waals surface area (Å²) in [5.41, 5.74) is 3.21. The standard InChI is InChI=1S/C16H18ClNO/c1-3-19-16-7-5-4-6-14(16)13-9-8-12(11-18-2)10-15(13)17/h4-10,18H,3,11H2,1-2H3. The maximum Gasteiger partial charge on any atom is 0.127 e. The lowest BCUT2D eigenvalue weighted by Gasteiger charge is -2.12. The van der Waals surface area contributed by atoms with Gasteiger partial charge in [0, 0.05) is 22.7 Å². The fourth-order valence-corrected chi connectivity index (χ4v) is 2.37. The molecule has 0 unspecified atom stereocenters. The molecule has 1 N–H and O–H groups in total. The largest absolute Gasteiger partial charge is 0.493 e. The zero-order valence-electron chi connectivity index (χ0n) is 11.2. The van der Waals surface area contributed by atoms with Crippen molar-refractivity contribution in [3.63, 3.8) is 0 Å². The minimum Gasteiger partial charge on any atom is -0.493 e. The molecule has 0 radical (unpaired) electrons. The number of ether oxygens (including phenoxy) is 1. The van der Waals surface area contributed by atoms with Crippen molar-refractivity contribution in [2.75, 3.05) is 13.7 Å². The predicted octanol–water partition coefficient (Wildman–Crippen LogP) is 4.13. The number of nitrogens with one attached hydrogen (secondary N) is 1. The van der Waals surface area contributed by atoms with E-state index in [-0.39, 0.29) is 0 Å². The third-order valence-corrected chi connectivity index (χ3v) is 3.20. The van der Waals surface area contributed by atoms with Crippen LogP contribution in [0, 0.1) is 0 Å². The lowest BCUT2D eigenvalue weighted by Crippen LogP contribution is -2.04. The molecule has 0 fully saturated rings. The Hall–Kier alpha value is -1.51. The minimum absolute atomic E-state index is 0.645. The third kappa shape index (κ3) is 3.28. The first-order chi connectivity index (χ1) is 9.26. The molecule has 0 aliphatic carbocycles. The van der Waals surface area contributed by atoms with Crippen molar-refractivity contribution < 1.29 is 4.74 Å². The summed E-state index contributed by atoms with van der Waals surface area (Å²) in [5, 5.41) is 3.87. The Kier molecular flexibility index (Phi) is 4.83. The van der Waals surface area contributed by atoms with Crippen molar-refractivity contribution in [3.8, 4) is 16.9 Å². The van der Waals surface area contributed by atoms with Crippen LogP contribution in [0.15, 0.2) is 42.5 Å². The van der Waals surface area contributed by atoms with Crippen LogP contribution in [-0.2, 0) is 6.54 Å². The molecule has 0 saturated heterocycles. The van der Waals surface area contributed by atoms with Crippen LogP contribution in [0.4, 0.5) is 0 Å². The summed E-state index contributed by atoms with van der Waals surface area (Å²) < 4.78 is 5.65. The number of para-hydroxylation sites is 1. The normalized spacial score (nSPS) is 10.5. The van der Waals surface area contributed by atoms with Gasteiger partial charge < -0.3 is 10.1 Å². The van der Waals surface area contributed by atoms with Crippen molar-refractivity contribution in [2.45, 2.75) is 13.5 Å². The van der Waals surface area contributed by atoms with Crippen LogP contribution < -0.4 is 10.1 Å². The van der Waals surface area contributed by atoms with Crippen molar-refractivity contribution in [3.05, 3.63) is 53.1 Å². The molecule has 0 spiro atoms. The second-order valence-corrected chi connectivity index (χ2v) is 4.68. The average Bonchev–Trinajstić information content (AvgIpc) is 2.41. The lowest BCUT2D eigenvalue weighted by atomic mass is 10.0. The summed E-state index contributed by atoms with van der Waals surface area (Å²) in [6.07, 6.45) is 0. The molecule has 3 heteroatoms. The molecule has 2 rings (SSSR count). The number of hydrogen-bond donors (Lipinski definition) is 1. The van der Waals surface area contributed by atoms with E-state index in [2.05, 4.69) is 11.4 Å². The quantitative estimate of drug-likeness (QED) is 0.886. The number of rotatable bonds is 5. The molecule has 0 aromatic heterocycles. The van der Waals surface area contributed by atoms with Gasteiger partial charge in [-0.1, -0.05) is 41.9 Å². The molecular formula is C16H18ClNO. The molecule has 0 heterocycles. The van der Waals surface area contributed by atoms with Crippen molar-refractivity contribution in [1.29, 1.82) is 0 Å². The van der Waals surface area contributed by atoms with Gasteiger partial charge in [0.05, 0.1) is 6.61 Å².